The van der Waals surface area contributed by atoms with Crippen LogP contribution in [0.2, 0.25) is 0 Å². The first-order valence-electron chi connectivity index (χ1n) is 16.2. The monoisotopic (exact) mass is 682 g/mol. The Hall–Kier alpha value is -6.05. The largest absolute Gasteiger partial charge is 0.483 e. The van der Waals surface area contributed by atoms with Crippen LogP contribution >= 0.6 is 0 Å². The molecule has 6 rings (SSSR count). The molecule has 258 valence electrons. The van der Waals surface area contributed by atoms with E-state index in [4.69, 9.17) is 9.47 Å². The number of unbranched alkanes of at least 4 members (excludes halogenated alkanes) is 1. The van der Waals surface area contributed by atoms with Gasteiger partial charge in [0.15, 0.2) is 6.61 Å². The third-order valence-electron chi connectivity index (χ3n) is 8.96. The Bertz CT molecular complexity index is 1850. The molecule has 0 bridgehead atoms. The smallest absolute Gasteiger partial charge is 0.407 e. The zero-order valence-corrected chi connectivity index (χ0v) is 26.8. The molecule has 0 saturated carbocycles. The maximum Gasteiger partial charge on any atom is 0.407 e. The average Bonchev–Trinajstić information content (AvgIpc) is 3.56. The van der Waals surface area contributed by atoms with E-state index in [-0.39, 0.29) is 55.2 Å². The van der Waals surface area contributed by atoms with Crippen molar-refractivity contribution in [3.63, 3.8) is 0 Å². The van der Waals surface area contributed by atoms with E-state index in [1.165, 1.54) is 18.2 Å². The molecule has 3 aromatic carbocycles. The minimum absolute atomic E-state index is 0.00518. The molecule has 2 atom stereocenters. The van der Waals surface area contributed by atoms with E-state index >= 15 is 0 Å². The number of nitrogens with zero attached hydrogens (tertiary/aromatic N) is 1. The van der Waals surface area contributed by atoms with Gasteiger partial charge in [-0.05, 0) is 60.1 Å². The zero-order valence-electron chi connectivity index (χ0n) is 26.8. The van der Waals surface area contributed by atoms with Crippen molar-refractivity contribution in [2.75, 3.05) is 19.8 Å². The second-order valence-electron chi connectivity index (χ2n) is 12.1. The number of alkyl carbamates (subject to hydrolysis) is 1. The van der Waals surface area contributed by atoms with Crippen molar-refractivity contribution in [3.8, 4) is 16.9 Å². The number of fused-ring (bicyclic) bond motifs is 4. The summed E-state index contributed by atoms with van der Waals surface area (Å²) in [6.45, 7) is -0.237. The van der Waals surface area contributed by atoms with Crippen LogP contribution in [0.5, 0.6) is 5.75 Å². The lowest BCUT2D eigenvalue weighted by Crippen LogP contribution is -2.54. The quantitative estimate of drug-likeness (QED) is 0.154. The number of imide groups is 2. The summed E-state index contributed by atoms with van der Waals surface area (Å²) in [6.07, 6.45) is 0.0175. The van der Waals surface area contributed by atoms with Gasteiger partial charge in [-0.1, -0.05) is 54.6 Å². The van der Waals surface area contributed by atoms with Crippen molar-refractivity contribution in [1.29, 1.82) is 0 Å². The van der Waals surface area contributed by atoms with Crippen LogP contribution in [0.3, 0.4) is 0 Å². The lowest BCUT2D eigenvalue weighted by Gasteiger charge is -2.27. The van der Waals surface area contributed by atoms with Gasteiger partial charge in [-0.15, -0.1) is 0 Å². The van der Waals surface area contributed by atoms with Crippen LogP contribution in [0.25, 0.3) is 11.1 Å². The summed E-state index contributed by atoms with van der Waals surface area (Å²) in [5.74, 6) is -4.57. The minimum atomic E-state index is -1.21. The highest BCUT2D eigenvalue weighted by Gasteiger charge is 2.46. The van der Waals surface area contributed by atoms with E-state index in [0.717, 1.165) is 27.2 Å². The van der Waals surface area contributed by atoms with E-state index in [2.05, 4.69) is 16.0 Å². The number of carbonyl (C=O) groups excluding carboxylic acids is 6. The first-order valence-corrected chi connectivity index (χ1v) is 16.2. The summed E-state index contributed by atoms with van der Waals surface area (Å²) in [5, 5.41) is 16.9. The fraction of sp³-hybridized carbons (Fsp3) is 0.306. The summed E-state index contributed by atoms with van der Waals surface area (Å²) >= 11 is 0. The Morgan fingerprint density at radius 3 is 2.24 bits per heavy atom. The van der Waals surface area contributed by atoms with Crippen molar-refractivity contribution in [2.45, 2.75) is 50.1 Å². The van der Waals surface area contributed by atoms with Crippen molar-refractivity contribution in [2.24, 2.45) is 0 Å². The second-order valence-corrected chi connectivity index (χ2v) is 12.1. The molecule has 2 aliphatic heterocycles. The van der Waals surface area contributed by atoms with Crippen LogP contribution in [0.1, 0.15) is 69.9 Å². The highest BCUT2D eigenvalue weighted by molar-refractivity contribution is 6.24. The summed E-state index contributed by atoms with van der Waals surface area (Å²) in [4.78, 5) is 87.7. The Kier molecular flexibility index (Phi) is 9.88. The number of aliphatic carboxylic acids is 1. The standard InChI is InChI=1S/C36H34N4O10/c41-29-16-15-27(32(43)39-29)40-33(44)24-12-7-14-28(31(24)34(40)45)49-19-30(42)37-17-6-5-13-26(35(46)47)38-36(48)50-18-25-22-10-3-1-8-20(22)21-9-2-4-11-23(21)25/h1-4,7-12,14,25-27H,5-6,13,15-19H2,(H,37,42)(H,38,48)(H,46,47)(H,39,41,43)/t26-,27?/m0/s1. The Labute approximate surface area is 286 Å². The number of benzene rings is 3. The van der Waals surface area contributed by atoms with Crippen LogP contribution in [-0.4, -0.2) is 83.4 Å². The topological polar surface area (TPSA) is 198 Å². The van der Waals surface area contributed by atoms with E-state index in [1.54, 1.807) is 0 Å². The second kappa shape index (κ2) is 14.6. The summed E-state index contributed by atoms with van der Waals surface area (Å²) in [5.41, 5.74) is 4.18. The molecule has 2 heterocycles. The fourth-order valence-corrected chi connectivity index (χ4v) is 6.54. The van der Waals surface area contributed by atoms with Crippen LogP contribution < -0.4 is 20.7 Å². The van der Waals surface area contributed by atoms with Crippen molar-refractivity contribution >= 4 is 41.6 Å². The van der Waals surface area contributed by atoms with Crippen LogP contribution in [0, 0.1) is 0 Å². The van der Waals surface area contributed by atoms with Gasteiger partial charge in [0.25, 0.3) is 17.7 Å². The number of piperidine rings is 1. The van der Waals surface area contributed by atoms with Crippen molar-refractivity contribution in [1.82, 2.24) is 20.9 Å². The molecule has 6 amide bonds. The number of carboxylic acids is 1. The SMILES string of the molecule is O=C(COc1cccc2c1C(=O)N(C1CCC(=O)NC1=O)C2=O)NCCCC[C@H](NC(=O)OCC1c2ccccc2-c2ccccc21)C(=O)O. The predicted octanol–water partition coefficient (Wildman–Crippen LogP) is 2.75. The summed E-state index contributed by atoms with van der Waals surface area (Å²) in [6, 6.07) is 17.8. The highest BCUT2D eigenvalue weighted by Crippen LogP contribution is 2.44. The Balaban J connectivity index is 0.931. The predicted molar refractivity (Wildman–Crippen MR) is 175 cm³/mol. The molecule has 0 aromatic heterocycles. The van der Waals surface area contributed by atoms with E-state index in [1.807, 2.05) is 48.5 Å². The molecule has 14 heteroatoms. The van der Waals surface area contributed by atoms with E-state index < -0.39 is 60.3 Å². The normalized spacial score (nSPS) is 17.0. The van der Waals surface area contributed by atoms with E-state index in [9.17, 15) is 38.7 Å². The number of hydrogen-bond donors (Lipinski definition) is 4. The fourth-order valence-electron chi connectivity index (χ4n) is 6.54. The van der Waals surface area contributed by atoms with Crippen molar-refractivity contribution in [3.05, 3.63) is 89.0 Å². The summed E-state index contributed by atoms with van der Waals surface area (Å²) in [7, 11) is 0. The van der Waals surface area contributed by atoms with Gasteiger partial charge in [0, 0.05) is 18.9 Å². The number of carbonyl (C=O) groups is 7. The molecule has 1 saturated heterocycles. The van der Waals surface area contributed by atoms with Crippen LogP contribution in [-0.2, 0) is 23.9 Å². The van der Waals surface area contributed by atoms with Gasteiger partial charge < -0.3 is 25.2 Å². The van der Waals surface area contributed by atoms with Gasteiger partial charge in [-0.25, -0.2) is 9.59 Å². The van der Waals surface area contributed by atoms with Crippen LogP contribution in [0.15, 0.2) is 66.7 Å². The third kappa shape index (κ3) is 6.90. The molecule has 14 nitrogen and oxygen atoms in total. The van der Waals surface area contributed by atoms with Gasteiger partial charge in [0.05, 0.1) is 11.1 Å². The van der Waals surface area contributed by atoms with Crippen molar-refractivity contribution < 1.29 is 48.1 Å². The number of rotatable bonds is 13. The molecule has 1 unspecified atom stereocenters. The summed E-state index contributed by atoms with van der Waals surface area (Å²) < 4.78 is 11.0. The van der Waals surface area contributed by atoms with E-state index in [0.29, 0.717) is 12.8 Å². The molecule has 3 aromatic rings. The van der Waals surface area contributed by atoms with Gasteiger partial charge in [-0.2, -0.15) is 0 Å². The molecule has 50 heavy (non-hydrogen) atoms. The first kappa shape index (κ1) is 33.8. The number of hydrogen-bond acceptors (Lipinski definition) is 9. The molecule has 0 spiro atoms. The Morgan fingerprint density at radius 2 is 1.56 bits per heavy atom. The average molecular weight is 683 g/mol. The highest BCUT2D eigenvalue weighted by atomic mass is 16.5. The van der Waals surface area contributed by atoms with Gasteiger partial charge in [0.2, 0.25) is 11.8 Å². The zero-order chi connectivity index (χ0) is 35.4. The minimum Gasteiger partial charge on any atom is -0.483 e. The molecular weight excluding hydrogens is 648 g/mol. The molecule has 3 aliphatic rings. The number of amides is 6. The van der Waals surface area contributed by atoms with Gasteiger partial charge in [0.1, 0.15) is 24.4 Å². The first-order chi connectivity index (χ1) is 24.1. The lowest BCUT2D eigenvalue weighted by atomic mass is 9.98. The maximum absolute atomic E-state index is 13.2. The Morgan fingerprint density at radius 1 is 0.880 bits per heavy atom. The molecule has 4 N–H and O–H groups in total. The molecule has 0 radical (unpaired) electrons. The third-order valence-corrected chi connectivity index (χ3v) is 8.96. The number of nitrogens with one attached hydrogen (secondary N) is 3. The van der Waals surface area contributed by atoms with Gasteiger partial charge in [-0.3, -0.25) is 34.2 Å². The molecule has 1 aliphatic carbocycles. The lowest BCUT2D eigenvalue weighted by molar-refractivity contribution is -0.140. The molecular formula is C36H34N4O10. The molecule has 1 fully saturated rings. The van der Waals surface area contributed by atoms with Crippen LogP contribution in [0.4, 0.5) is 4.79 Å². The van der Waals surface area contributed by atoms with Gasteiger partial charge >= 0.3 is 12.1 Å². The number of carboxylic acid groups (broad SMARTS) is 1. The maximum atomic E-state index is 13.2. The number of ether oxygens (including phenoxy) is 2.